The van der Waals surface area contributed by atoms with Crippen molar-refractivity contribution in [2.45, 2.75) is 6.10 Å². The monoisotopic (exact) mass is 186 g/mol. The third kappa shape index (κ3) is 1.39. The molecule has 6 nitrogen and oxygen atoms in total. The molecular weight excluding hydrogens is 176 g/mol. The fraction of sp³-hybridized carbons (Fsp3) is 0.714. The predicted molar refractivity (Wildman–Crippen MR) is 41.4 cm³/mol. The summed E-state index contributed by atoms with van der Waals surface area (Å²) in [6.45, 7) is 1.25. The molecule has 6 heteroatoms. The first-order valence-corrected chi connectivity index (χ1v) is 4.09. The average Bonchev–Trinajstić information content (AvgIpc) is 2.46. The summed E-state index contributed by atoms with van der Waals surface area (Å²) in [6.07, 6.45) is -1.66. The number of likely N-dealkylation sites (tertiary alicyclic amines) is 1. The number of hydrogen-bond donors (Lipinski definition) is 2. The molecule has 0 bridgehead atoms. The Labute approximate surface area is 74.5 Å². The Morgan fingerprint density at radius 1 is 1.62 bits per heavy atom. The predicted octanol–water partition coefficient (Wildman–Crippen LogP) is -0.295. The molecule has 0 saturated carbocycles. The summed E-state index contributed by atoms with van der Waals surface area (Å²) in [5.41, 5.74) is 0. The highest BCUT2D eigenvalue weighted by Crippen LogP contribution is 2.22. The summed E-state index contributed by atoms with van der Waals surface area (Å²) in [6, 6.07) is 0. The lowest BCUT2D eigenvalue weighted by atomic mass is 10.1. The molecule has 2 atom stereocenters. The number of carboxylic acid groups (broad SMARTS) is 1. The van der Waals surface area contributed by atoms with Crippen molar-refractivity contribution < 1.29 is 19.4 Å². The van der Waals surface area contributed by atoms with Gasteiger partial charge in [-0.15, -0.1) is 0 Å². The Morgan fingerprint density at radius 3 is 3.08 bits per heavy atom. The van der Waals surface area contributed by atoms with Crippen molar-refractivity contribution in [3.63, 3.8) is 0 Å². The largest absolute Gasteiger partial charge is 0.465 e. The quantitative estimate of drug-likeness (QED) is 0.544. The maximum atomic E-state index is 10.8. The van der Waals surface area contributed by atoms with E-state index in [-0.39, 0.29) is 12.0 Å². The molecule has 2 heterocycles. The van der Waals surface area contributed by atoms with E-state index in [0.717, 1.165) is 0 Å². The van der Waals surface area contributed by atoms with Crippen molar-refractivity contribution in [3.05, 3.63) is 0 Å². The topological polar surface area (TPSA) is 78.9 Å². The molecule has 13 heavy (non-hydrogen) atoms. The number of rotatable bonds is 0. The highest BCUT2D eigenvalue weighted by molar-refractivity contribution is 5.69. The minimum absolute atomic E-state index is 0.105. The third-order valence-corrected chi connectivity index (χ3v) is 2.42. The standard InChI is InChI=1S/C7H10N2O4/c10-6-8-1-4-2-9(7(11)12)3-5(4)13-6/h4-5H,1-3H2,(H,8,10)(H,11,12)/t4-,5-/m0/s1. The van der Waals surface area contributed by atoms with Crippen molar-refractivity contribution in [1.29, 1.82) is 0 Å². The number of ether oxygens (including phenoxy) is 1. The van der Waals surface area contributed by atoms with Gasteiger partial charge in [-0.25, -0.2) is 9.59 Å². The van der Waals surface area contributed by atoms with Crippen LogP contribution in [0.15, 0.2) is 0 Å². The van der Waals surface area contributed by atoms with Crippen LogP contribution in [0.3, 0.4) is 0 Å². The highest BCUT2D eigenvalue weighted by Gasteiger charge is 2.40. The Bertz CT molecular complexity index is 255. The summed E-state index contributed by atoms with van der Waals surface area (Å²) < 4.78 is 4.94. The molecule has 2 N–H and O–H groups in total. The second-order valence-corrected chi connectivity index (χ2v) is 3.27. The van der Waals surface area contributed by atoms with E-state index in [1.807, 2.05) is 0 Å². The van der Waals surface area contributed by atoms with Crippen LogP contribution in [0, 0.1) is 5.92 Å². The van der Waals surface area contributed by atoms with Crippen molar-refractivity contribution in [3.8, 4) is 0 Å². The zero-order valence-corrected chi connectivity index (χ0v) is 6.90. The number of carbonyl (C=O) groups is 2. The Morgan fingerprint density at radius 2 is 2.38 bits per heavy atom. The van der Waals surface area contributed by atoms with E-state index in [0.29, 0.717) is 19.6 Å². The molecule has 0 aromatic heterocycles. The Kier molecular flexibility index (Phi) is 1.75. The number of amides is 2. The molecule has 0 aliphatic carbocycles. The van der Waals surface area contributed by atoms with Gasteiger partial charge >= 0.3 is 12.2 Å². The number of fused-ring (bicyclic) bond motifs is 1. The van der Waals surface area contributed by atoms with Crippen LogP contribution in [-0.2, 0) is 4.74 Å². The van der Waals surface area contributed by atoms with Gasteiger partial charge in [-0.05, 0) is 0 Å². The van der Waals surface area contributed by atoms with Crippen LogP contribution in [0.5, 0.6) is 0 Å². The van der Waals surface area contributed by atoms with Gasteiger partial charge in [0.2, 0.25) is 0 Å². The van der Waals surface area contributed by atoms with E-state index in [1.165, 1.54) is 4.90 Å². The average molecular weight is 186 g/mol. The van der Waals surface area contributed by atoms with Crippen LogP contribution in [0.1, 0.15) is 0 Å². The van der Waals surface area contributed by atoms with Crippen LogP contribution in [0.25, 0.3) is 0 Å². The fourth-order valence-electron chi connectivity index (χ4n) is 1.72. The van der Waals surface area contributed by atoms with E-state index in [4.69, 9.17) is 9.84 Å². The first-order valence-electron chi connectivity index (χ1n) is 4.09. The van der Waals surface area contributed by atoms with Crippen LogP contribution in [0.2, 0.25) is 0 Å². The fourth-order valence-corrected chi connectivity index (χ4v) is 1.72. The van der Waals surface area contributed by atoms with Crippen LogP contribution >= 0.6 is 0 Å². The summed E-state index contributed by atoms with van der Waals surface area (Å²) >= 11 is 0. The first-order chi connectivity index (χ1) is 6.16. The highest BCUT2D eigenvalue weighted by atomic mass is 16.6. The minimum Gasteiger partial charge on any atom is -0.465 e. The molecule has 2 rings (SSSR count). The van der Waals surface area contributed by atoms with Gasteiger partial charge in [0.05, 0.1) is 6.54 Å². The third-order valence-electron chi connectivity index (χ3n) is 2.42. The van der Waals surface area contributed by atoms with Crippen molar-refractivity contribution >= 4 is 12.2 Å². The zero-order chi connectivity index (χ0) is 9.42. The molecule has 2 aliphatic heterocycles. The first kappa shape index (κ1) is 8.15. The van der Waals surface area contributed by atoms with Gasteiger partial charge in [0.25, 0.3) is 0 Å². The van der Waals surface area contributed by atoms with Crippen molar-refractivity contribution in [2.75, 3.05) is 19.6 Å². The van der Waals surface area contributed by atoms with Gasteiger partial charge in [-0.1, -0.05) is 0 Å². The van der Waals surface area contributed by atoms with Crippen LogP contribution in [0.4, 0.5) is 9.59 Å². The van der Waals surface area contributed by atoms with E-state index < -0.39 is 12.2 Å². The van der Waals surface area contributed by atoms with Crippen LogP contribution in [-0.4, -0.2) is 47.9 Å². The number of alkyl carbamates (subject to hydrolysis) is 1. The Hall–Kier alpha value is -1.46. The maximum Gasteiger partial charge on any atom is 0.407 e. The lowest BCUT2D eigenvalue weighted by Crippen LogP contribution is -2.44. The van der Waals surface area contributed by atoms with Crippen molar-refractivity contribution in [2.24, 2.45) is 5.92 Å². The lowest BCUT2D eigenvalue weighted by molar-refractivity contribution is 0.0592. The van der Waals surface area contributed by atoms with E-state index in [2.05, 4.69) is 5.32 Å². The van der Waals surface area contributed by atoms with Gasteiger partial charge in [0, 0.05) is 19.0 Å². The smallest absolute Gasteiger partial charge is 0.407 e. The molecule has 0 unspecified atom stereocenters. The SMILES string of the molecule is O=C1NC[C@H]2CN(C(=O)O)C[C@@H]2O1. The summed E-state index contributed by atoms with van der Waals surface area (Å²) in [5, 5.41) is 11.2. The van der Waals surface area contributed by atoms with Gasteiger partial charge in [-0.3, -0.25) is 0 Å². The number of hydrogen-bond acceptors (Lipinski definition) is 3. The number of carbonyl (C=O) groups excluding carboxylic acids is 1. The maximum absolute atomic E-state index is 10.8. The van der Waals surface area contributed by atoms with Crippen molar-refractivity contribution in [1.82, 2.24) is 10.2 Å². The molecule has 0 radical (unpaired) electrons. The molecule has 2 amide bonds. The zero-order valence-electron chi connectivity index (χ0n) is 6.90. The molecule has 2 fully saturated rings. The molecule has 72 valence electrons. The second kappa shape index (κ2) is 2.79. The molecule has 0 aromatic rings. The summed E-state index contributed by atoms with van der Waals surface area (Å²) in [4.78, 5) is 22.6. The minimum atomic E-state index is -0.953. The number of nitrogens with zero attached hydrogens (tertiary/aromatic N) is 1. The van der Waals surface area contributed by atoms with Gasteiger partial charge < -0.3 is 20.1 Å². The normalized spacial score (nSPS) is 32.0. The number of nitrogens with one attached hydrogen (secondary N) is 1. The van der Waals surface area contributed by atoms with E-state index in [1.54, 1.807) is 0 Å². The van der Waals surface area contributed by atoms with E-state index in [9.17, 15) is 9.59 Å². The molecule has 2 saturated heterocycles. The van der Waals surface area contributed by atoms with Gasteiger partial charge in [-0.2, -0.15) is 0 Å². The lowest BCUT2D eigenvalue weighted by Gasteiger charge is -2.24. The van der Waals surface area contributed by atoms with E-state index >= 15 is 0 Å². The Balaban J connectivity index is 2.02. The molecule has 2 aliphatic rings. The van der Waals surface area contributed by atoms with Crippen LogP contribution < -0.4 is 5.32 Å². The second-order valence-electron chi connectivity index (χ2n) is 3.27. The molecule has 0 aromatic carbocycles. The summed E-state index contributed by atoms with van der Waals surface area (Å²) in [7, 11) is 0. The summed E-state index contributed by atoms with van der Waals surface area (Å²) in [5.74, 6) is 0.105. The van der Waals surface area contributed by atoms with Gasteiger partial charge in [0.15, 0.2) is 0 Å². The van der Waals surface area contributed by atoms with Gasteiger partial charge in [0.1, 0.15) is 6.10 Å². The molecule has 0 spiro atoms. The molecular formula is C7H10N2O4.